The Bertz CT molecular complexity index is 778. The topological polar surface area (TPSA) is 99.9 Å². The van der Waals surface area contributed by atoms with Gasteiger partial charge in [-0.1, -0.05) is 5.21 Å². The van der Waals surface area contributed by atoms with Gasteiger partial charge >= 0.3 is 0 Å². The maximum Gasteiger partial charge on any atom is 0.274 e. The van der Waals surface area contributed by atoms with Gasteiger partial charge in [0.25, 0.3) is 5.91 Å². The Balaban J connectivity index is 1.51. The molecule has 1 saturated carbocycles. The SMILES string of the molecule is CC(C)n1cc([C@]2(O)CCCN(C(=O)c3cc(C4CC4)[nH]n3)C2)nn1. The fourth-order valence-electron chi connectivity index (χ4n) is 3.37. The minimum Gasteiger partial charge on any atom is -0.382 e. The number of hydrogen-bond acceptors (Lipinski definition) is 5. The van der Waals surface area contributed by atoms with Crippen molar-refractivity contribution in [2.75, 3.05) is 13.1 Å². The number of nitrogens with one attached hydrogen (secondary N) is 1. The molecule has 0 spiro atoms. The summed E-state index contributed by atoms with van der Waals surface area (Å²) in [6.07, 6.45) is 5.38. The summed E-state index contributed by atoms with van der Waals surface area (Å²) in [5.41, 5.74) is 0.836. The van der Waals surface area contributed by atoms with Crippen LogP contribution in [0.5, 0.6) is 0 Å². The highest BCUT2D eigenvalue weighted by Crippen LogP contribution is 2.39. The third kappa shape index (κ3) is 3.06. The van der Waals surface area contributed by atoms with Gasteiger partial charge in [-0.2, -0.15) is 5.10 Å². The molecule has 3 heterocycles. The van der Waals surface area contributed by atoms with Crippen LogP contribution >= 0.6 is 0 Å². The van der Waals surface area contributed by atoms with Crippen LogP contribution < -0.4 is 0 Å². The van der Waals surface area contributed by atoms with Crippen LogP contribution in [0.15, 0.2) is 12.3 Å². The number of piperidine rings is 1. The Morgan fingerprint density at radius 1 is 1.44 bits per heavy atom. The number of β-amino-alcohol motifs (C(OH)–C–C–N with tert-alkyl or cyclic N) is 1. The number of H-pyrrole nitrogens is 1. The van der Waals surface area contributed by atoms with E-state index in [0.29, 0.717) is 30.3 Å². The van der Waals surface area contributed by atoms with Crippen LogP contribution in [0.1, 0.15) is 73.4 Å². The van der Waals surface area contributed by atoms with Crippen LogP contribution in [0.2, 0.25) is 0 Å². The van der Waals surface area contributed by atoms with Gasteiger partial charge in [-0.05, 0) is 45.6 Å². The van der Waals surface area contributed by atoms with E-state index in [0.717, 1.165) is 25.0 Å². The molecule has 8 heteroatoms. The Morgan fingerprint density at radius 3 is 2.92 bits per heavy atom. The molecule has 4 rings (SSSR count). The van der Waals surface area contributed by atoms with Crippen molar-refractivity contribution in [1.82, 2.24) is 30.1 Å². The van der Waals surface area contributed by atoms with Crippen LogP contribution in [-0.4, -0.2) is 54.2 Å². The number of aromatic amines is 1. The summed E-state index contributed by atoms with van der Waals surface area (Å²) in [6, 6.07) is 2.03. The van der Waals surface area contributed by atoms with Gasteiger partial charge < -0.3 is 10.0 Å². The molecule has 2 N–H and O–H groups in total. The maximum atomic E-state index is 12.8. The lowest BCUT2D eigenvalue weighted by molar-refractivity contribution is -0.0322. The molecule has 0 bridgehead atoms. The van der Waals surface area contributed by atoms with Crippen LogP contribution in [0, 0.1) is 0 Å². The summed E-state index contributed by atoms with van der Waals surface area (Å²) in [6.45, 7) is 4.85. The van der Waals surface area contributed by atoms with Gasteiger partial charge in [0.1, 0.15) is 17.0 Å². The number of amides is 1. The molecule has 2 fully saturated rings. The zero-order chi connectivity index (χ0) is 17.6. The van der Waals surface area contributed by atoms with Crippen LogP contribution in [0.3, 0.4) is 0 Å². The lowest BCUT2D eigenvalue weighted by atomic mass is 9.90. The monoisotopic (exact) mass is 344 g/mol. The van der Waals surface area contributed by atoms with E-state index in [1.54, 1.807) is 15.8 Å². The Morgan fingerprint density at radius 2 is 2.24 bits per heavy atom. The average Bonchev–Trinajstić information content (AvgIpc) is 3.13. The van der Waals surface area contributed by atoms with E-state index in [4.69, 9.17) is 0 Å². The number of aliphatic hydroxyl groups is 1. The van der Waals surface area contributed by atoms with E-state index in [1.807, 2.05) is 19.9 Å². The van der Waals surface area contributed by atoms with Gasteiger partial charge in [-0.3, -0.25) is 9.89 Å². The second-order valence-corrected chi connectivity index (χ2v) is 7.52. The van der Waals surface area contributed by atoms with E-state index in [9.17, 15) is 9.90 Å². The van der Waals surface area contributed by atoms with Crippen molar-refractivity contribution in [1.29, 1.82) is 0 Å². The van der Waals surface area contributed by atoms with Crippen molar-refractivity contribution in [2.45, 2.75) is 57.1 Å². The molecule has 0 unspecified atom stereocenters. The number of rotatable bonds is 4. The number of nitrogens with zero attached hydrogens (tertiary/aromatic N) is 5. The predicted octanol–water partition coefficient (Wildman–Crippen LogP) is 1.58. The zero-order valence-corrected chi connectivity index (χ0v) is 14.6. The molecule has 8 nitrogen and oxygen atoms in total. The van der Waals surface area contributed by atoms with Gasteiger partial charge in [0, 0.05) is 24.2 Å². The Kier molecular flexibility index (Phi) is 3.87. The lowest BCUT2D eigenvalue weighted by Crippen LogP contribution is -2.48. The van der Waals surface area contributed by atoms with Gasteiger partial charge in [0.05, 0.1) is 12.7 Å². The second kappa shape index (κ2) is 5.94. The van der Waals surface area contributed by atoms with Gasteiger partial charge in [0.15, 0.2) is 0 Å². The third-order valence-electron chi connectivity index (χ3n) is 5.11. The molecule has 0 aromatic carbocycles. The van der Waals surface area contributed by atoms with Crippen molar-refractivity contribution in [3.05, 3.63) is 29.3 Å². The Labute approximate surface area is 146 Å². The zero-order valence-electron chi connectivity index (χ0n) is 14.6. The first-order valence-electron chi connectivity index (χ1n) is 8.95. The quantitative estimate of drug-likeness (QED) is 0.877. The molecule has 2 aliphatic rings. The summed E-state index contributed by atoms with van der Waals surface area (Å²) in [7, 11) is 0. The first kappa shape index (κ1) is 16.3. The highest BCUT2D eigenvalue weighted by atomic mass is 16.3. The summed E-state index contributed by atoms with van der Waals surface area (Å²) >= 11 is 0. The molecular formula is C17H24N6O2. The highest BCUT2D eigenvalue weighted by Gasteiger charge is 2.40. The number of carbonyl (C=O) groups is 1. The Hall–Kier alpha value is -2.22. The number of hydrogen-bond donors (Lipinski definition) is 2. The smallest absolute Gasteiger partial charge is 0.274 e. The molecule has 1 aliphatic carbocycles. The predicted molar refractivity (Wildman–Crippen MR) is 90.0 cm³/mol. The van der Waals surface area contributed by atoms with Crippen LogP contribution in [0.25, 0.3) is 0 Å². The number of carbonyl (C=O) groups excluding carboxylic acids is 1. The molecule has 25 heavy (non-hydrogen) atoms. The van der Waals surface area contributed by atoms with Gasteiger partial charge in [-0.15, -0.1) is 5.10 Å². The van der Waals surface area contributed by atoms with Crippen molar-refractivity contribution in [2.24, 2.45) is 0 Å². The summed E-state index contributed by atoms with van der Waals surface area (Å²) in [5.74, 6) is 0.385. The largest absolute Gasteiger partial charge is 0.382 e. The molecule has 1 amide bonds. The molecule has 1 atom stereocenters. The first-order chi connectivity index (χ1) is 12.0. The molecule has 1 saturated heterocycles. The number of aromatic nitrogens is 5. The van der Waals surface area contributed by atoms with E-state index in [-0.39, 0.29) is 18.5 Å². The minimum absolute atomic E-state index is 0.141. The summed E-state index contributed by atoms with van der Waals surface area (Å²) < 4.78 is 1.73. The van der Waals surface area contributed by atoms with E-state index in [1.165, 1.54) is 0 Å². The molecule has 2 aromatic heterocycles. The lowest BCUT2D eigenvalue weighted by Gasteiger charge is -2.37. The van der Waals surface area contributed by atoms with E-state index < -0.39 is 5.60 Å². The standard InChI is InChI=1S/C17H24N6O2/c1-11(2)23-9-15(20-21-23)17(25)6-3-7-22(10-17)16(24)14-8-13(18-19-14)12-4-5-12/h8-9,11-12,25H,3-7,10H2,1-2H3,(H,18,19)/t17-/m0/s1. The maximum absolute atomic E-state index is 12.8. The molecule has 134 valence electrons. The van der Waals surface area contributed by atoms with Crippen LogP contribution in [-0.2, 0) is 5.60 Å². The van der Waals surface area contributed by atoms with Crippen molar-refractivity contribution in [3.63, 3.8) is 0 Å². The van der Waals surface area contributed by atoms with Gasteiger partial charge in [0.2, 0.25) is 0 Å². The van der Waals surface area contributed by atoms with Crippen LogP contribution in [0.4, 0.5) is 0 Å². The van der Waals surface area contributed by atoms with Crippen molar-refractivity contribution < 1.29 is 9.90 Å². The first-order valence-corrected chi connectivity index (χ1v) is 8.95. The van der Waals surface area contributed by atoms with E-state index in [2.05, 4.69) is 20.5 Å². The van der Waals surface area contributed by atoms with Crippen molar-refractivity contribution >= 4 is 5.91 Å². The fourth-order valence-corrected chi connectivity index (χ4v) is 3.37. The second-order valence-electron chi connectivity index (χ2n) is 7.52. The van der Waals surface area contributed by atoms with Gasteiger partial charge in [-0.25, -0.2) is 4.68 Å². The summed E-state index contributed by atoms with van der Waals surface area (Å²) in [5, 5.41) is 26.4. The van der Waals surface area contributed by atoms with Crippen molar-refractivity contribution in [3.8, 4) is 0 Å². The summed E-state index contributed by atoms with van der Waals surface area (Å²) in [4.78, 5) is 14.5. The average molecular weight is 344 g/mol. The molecule has 0 radical (unpaired) electrons. The minimum atomic E-state index is -1.16. The fraction of sp³-hybridized carbons (Fsp3) is 0.647. The molecule has 2 aromatic rings. The highest BCUT2D eigenvalue weighted by molar-refractivity contribution is 5.92. The number of likely N-dealkylation sites (tertiary alicyclic amines) is 1. The molecular weight excluding hydrogens is 320 g/mol. The third-order valence-corrected chi connectivity index (χ3v) is 5.11. The van der Waals surface area contributed by atoms with E-state index >= 15 is 0 Å². The normalized spacial score (nSPS) is 24.1. The molecule has 1 aliphatic heterocycles.